The Hall–Kier alpha value is -2.03. The monoisotopic (exact) mass is 381 g/mol. The first kappa shape index (κ1) is 18.3. The zero-order valence-electron chi connectivity index (χ0n) is 15.3. The summed E-state index contributed by atoms with van der Waals surface area (Å²) in [5.74, 6) is -2.70. The van der Waals surface area contributed by atoms with Crippen LogP contribution in [0.3, 0.4) is 0 Å². The number of rotatable bonds is 6. The van der Waals surface area contributed by atoms with Crippen molar-refractivity contribution in [2.45, 2.75) is 75.5 Å². The molecule has 4 saturated carbocycles. The van der Waals surface area contributed by atoms with Gasteiger partial charge in [-0.2, -0.15) is 4.98 Å². The Kier molecular flexibility index (Phi) is 4.06. The van der Waals surface area contributed by atoms with Crippen LogP contribution in [0, 0.1) is 5.41 Å². The minimum absolute atomic E-state index is 0.151. The molecule has 0 aromatic carbocycles. The molecular formula is C18H25F2N5O2. The van der Waals surface area contributed by atoms with E-state index < -0.39 is 22.8 Å². The molecular weight excluding hydrogens is 356 g/mol. The topological polar surface area (TPSA) is 113 Å². The molecule has 5 N–H and O–H groups in total. The van der Waals surface area contributed by atoms with Gasteiger partial charge in [-0.15, -0.1) is 0 Å². The van der Waals surface area contributed by atoms with Gasteiger partial charge in [0.15, 0.2) is 0 Å². The van der Waals surface area contributed by atoms with Gasteiger partial charge in [-0.1, -0.05) is 0 Å². The van der Waals surface area contributed by atoms with Gasteiger partial charge in [0, 0.05) is 23.2 Å². The fourth-order valence-corrected chi connectivity index (χ4v) is 4.77. The highest BCUT2D eigenvalue weighted by Gasteiger charge is 2.76. The van der Waals surface area contributed by atoms with Crippen LogP contribution in [0.4, 0.5) is 20.5 Å². The van der Waals surface area contributed by atoms with Crippen molar-refractivity contribution in [1.82, 2.24) is 9.97 Å². The first-order valence-corrected chi connectivity index (χ1v) is 9.39. The van der Waals surface area contributed by atoms with E-state index in [2.05, 4.69) is 20.6 Å². The number of carbonyl (C=O) groups is 1. The molecule has 148 valence electrons. The molecule has 1 heterocycles. The maximum Gasteiger partial charge on any atom is 0.254 e. The van der Waals surface area contributed by atoms with Crippen molar-refractivity contribution in [2.24, 2.45) is 11.1 Å². The number of aliphatic hydroxyl groups is 1. The number of nitrogens with one attached hydrogen (secondary N) is 2. The number of hydrogen-bond acceptors (Lipinski definition) is 6. The second-order valence-electron chi connectivity index (χ2n) is 8.57. The zero-order chi connectivity index (χ0) is 19.4. The highest BCUT2D eigenvalue weighted by atomic mass is 19.3. The molecule has 0 radical (unpaired) electrons. The van der Waals surface area contributed by atoms with Gasteiger partial charge in [-0.25, -0.2) is 13.8 Å². The summed E-state index contributed by atoms with van der Waals surface area (Å²) in [7, 11) is 0. The van der Waals surface area contributed by atoms with Crippen LogP contribution in [0.15, 0.2) is 6.20 Å². The molecule has 5 rings (SSSR count). The summed E-state index contributed by atoms with van der Waals surface area (Å²) in [6, 6.07) is 0.151. The SMILES string of the molecule is CC(F)(F)C12CC(Nc3nc(NC4CCC(O)CC4)ncc3C(N)=O)(C1)C2. The second kappa shape index (κ2) is 5.98. The third-order valence-electron chi connectivity index (χ3n) is 6.43. The molecule has 9 heteroatoms. The lowest BCUT2D eigenvalue weighted by molar-refractivity contribution is -0.258. The van der Waals surface area contributed by atoms with Gasteiger partial charge in [-0.3, -0.25) is 4.79 Å². The van der Waals surface area contributed by atoms with Crippen LogP contribution in [0.25, 0.3) is 0 Å². The second-order valence-corrected chi connectivity index (χ2v) is 8.57. The quantitative estimate of drug-likeness (QED) is 0.601. The zero-order valence-corrected chi connectivity index (χ0v) is 15.3. The van der Waals surface area contributed by atoms with Crippen molar-refractivity contribution < 1.29 is 18.7 Å². The molecule has 0 atom stereocenters. The van der Waals surface area contributed by atoms with Crippen LogP contribution in [0.5, 0.6) is 0 Å². The smallest absolute Gasteiger partial charge is 0.254 e. The van der Waals surface area contributed by atoms with Crippen molar-refractivity contribution >= 4 is 17.7 Å². The molecule has 1 amide bonds. The number of carbonyl (C=O) groups excluding carboxylic acids is 1. The van der Waals surface area contributed by atoms with Gasteiger partial charge in [0.25, 0.3) is 11.8 Å². The van der Waals surface area contributed by atoms with Crippen LogP contribution in [0.2, 0.25) is 0 Å². The molecule has 27 heavy (non-hydrogen) atoms. The number of hydrogen-bond donors (Lipinski definition) is 4. The predicted octanol–water partition coefficient (Wildman–Crippen LogP) is 2.28. The van der Waals surface area contributed by atoms with Gasteiger partial charge < -0.3 is 21.5 Å². The van der Waals surface area contributed by atoms with Crippen LogP contribution >= 0.6 is 0 Å². The van der Waals surface area contributed by atoms with Gasteiger partial charge in [0.05, 0.1) is 11.7 Å². The van der Waals surface area contributed by atoms with E-state index in [9.17, 15) is 18.7 Å². The third-order valence-corrected chi connectivity index (χ3v) is 6.43. The van der Waals surface area contributed by atoms with Crippen LogP contribution in [-0.2, 0) is 0 Å². The summed E-state index contributed by atoms with van der Waals surface area (Å²) in [6.45, 7) is 0.971. The summed E-state index contributed by atoms with van der Waals surface area (Å²) in [6.07, 6.45) is 5.24. The van der Waals surface area contributed by atoms with Gasteiger partial charge in [0.2, 0.25) is 5.95 Å². The van der Waals surface area contributed by atoms with E-state index in [-0.39, 0.29) is 17.7 Å². The molecule has 1 aromatic heterocycles. The summed E-state index contributed by atoms with van der Waals surface area (Å²) < 4.78 is 27.4. The van der Waals surface area contributed by atoms with Crippen LogP contribution in [-0.4, -0.2) is 44.6 Å². The van der Waals surface area contributed by atoms with Gasteiger partial charge in [-0.05, 0) is 51.9 Å². The molecule has 0 unspecified atom stereocenters. The number of aromatic nitrogens is 2. The van der Waals surface area contributed by atoms with E-state index >= 15 is 0 Å². The average Bonchev–Trinajstić information content (AvgIpc) is 2.50. The largest absolute Gasteiger partial charge is 0.393 e. The first-order valence-electron chi connectivity index (χ1n) is 9.39. The number of alkyl halides is 2. The Bertz CT molecular complexity index is 739. The van der Waals surface area contributed by atoms with Crippen molar-refractivity contribution in [3.63, 3.8) is 0 Å². The highest BCUT2D eigenvalue weighted by Crippen LogP contribution is 2.73. The van der Waals surface area contributed by atoms with Crippen molar-refractivity contribution in [1.29, 1.82) is 0 Å². The van der Waals surface area contributed by atoms with Crippen molar-refractivity contribution in [2.75, 3.05) is 10.6 Å². The lowest BCUT2D eigenvalue weighted by Crippen LogP contribution is -2.76. The van der Waals surface area contributed by atoms with E-state index in [4.69, 9.17) is 5.73 Å². The fraction of sp³-hybridized carbons (Fsp3) is 0.722. The molecule has 7 nitrogen and oxygen atoms in total. The number of amides is 1. The molecule has 1 aromatic rings. The van der Waals surface area contributed by atoms with E-state index in [1.165, 1.54) is 6.20 Å². The molecule has 0 spiro atoms. The number of anilines is 2. The molecule has 4 fully saturated rings. The Morgan fingerprint density at radius 2 is 1.93 bits per heavy atom. The summed E-state index contributed by atoms with van der Waals surface area (Å²) in [4.78, 5) is 20.3. The van der Waals surface area contributed by atoms with Crippen LogP contribution in [0.1, 0.15) is 62.2 Å². The normalized spacial score (nSPS) is 35.0. The minimum atomic E-state index is -2.70. The molecule has 4 aliphatic carbocycles. The van der Waals surface area contributed by atoms with Gasteiger partial charge >= 0.3 is 0 Å². The van der Waals surface area contributed by atoms with E-state index in [1.807, 2.05) is 0 Å². The maximum absolute atomic E-state index is 13.7. The van der Waals surface area contributed by atoms with Crippen molar-refractivity contribution in [3.05, 3.63) is 11.8 Å². The summed E-state index contributed by atoms with van der Waals surface area (Å²) in [5.41, 5.74) is 4.21. The third kappa shape index (κ3) is 3.11. The number of halogens is 2. The highest BCUT2D eigenvalue weighted by molar-refractivity contribution is 5.97. The predicted molar refractivity (Wildman–Crippen MR) is 95.7 cm³/mol. The maximum atomic E-state index is 13.7. The van der Waals surface area contributed by atoms with E-state index in [0.29, 0.717) is 31.0 Å². The Labute approximate surface area is 156 Å². The molecule has 2 bridgehead atoms. The Balaban J connectivity index is 1.47. The molecule has 4 aliphatic rings. The summed E-state index contributed by atoms with van der Waals surface area (Å²) >= 11 is 0. The lowest BCUT2D eigenvalue weighted by Gasteiger charge is -2.72. The minimum Gasteiger partial charge on any atom is -0.393 e. The molecule has 0 saturated heterocycles. The van der Waals surface area contributed by atoms with Crippen LogP contribution < -0.4 is 16.4 Å². The molecule has 0 aliphatic heterocycles. The Morgan fingerprint density at radius 1 is 1.30 bits per heavy atom. The van der Waals surface area contributed by atoms with E-state index in [1.54, 1.807) is 0 Å². The fourth-order valence-electron chi connectivity index (χ4n) is 4.77. The lowest BCUT2D eigenvalue weighted by atomic mass is 9.37. The number of nitrogens with zero attached hydrogens (tertiary/aromatic N) is 2. The van der Waals surface area contributed by atoms with Crippen molar-refractivity contribution in [3.8, 4) is 0 Å². The first-order chi connectivity index (χ1) is 12.6. The average molecular weight is 381 g/mol. The van der Waals surface area contributed by atoms with E-state index in [0.717, 1.165) is 32.6 Å². The summed E-state index contributed by atoms with van der Waals surface area (Å²) in [5, 5.41) is 16.0. The number of primary amides is 1. The number of aliphatic hydroxyl groups excluding tert-OH is 1. The number of nitrogens with two attached hydrogens (primary N) is 1. The Morgan fingerprint density at radius 3 is 2.48 bits per heavy atom. The van der Waals surface area contributed by atoms with Gasteiger partial charge in [0.1, 0.15) is 5.82 Å². The standard InChI is InChI=1S/C18H25F2N5O2/c1-16(19,20)17-7-18(8-17,9-17)25-14-12(13(21)27)6-22-15(24-14)23-10-2-4-11(26)5-3-10/h6,10-11,26H,2-5,7-9H2,1H3,(H2,21,27)(H2,22,23,24,25).